The Labute approximate surface area is 165 Å². The minimum absolute atomic E-state index is 0.141. The summed E-state index contributed by atoms with van der Waals surface area (Å²) in [5, 5.41) is 0. The molecule has 1 aliphatic heterocycles. The van der Waals surface area contributed by atoms with E-state index in [1.165, 1.54) is 36.1 Å². The highest BCUT2D eigenvalue weighted by molar-refractivity contribution is 5.72. The molecule has 1 aliphatic carbocycles. The van der Waals surface area contributed by atoms with Crippen LogP contribution in [0.2, 0.25) is 0 Å². The minimum atomic E-state index is -0.215. The lowest BCUT2D eigenvalue weighted by Crippen LogP contribution is -2.40. The molecule has 5 rings (SSSR count). The number of pyridine rings is 1. The van der Waals surface area contributed by atoms with Gasteiger partial charge in [-0.05, 0) is 73.6 Å². The Bertz CT molecular complexity index is 1020. The fourth-order valence-electron chi connectivity index (χ4n) is 5.02. The predicted octanol–water partition coefficient (Wildman–Crippen LogP) is 5.53. The summed E-state index contributed by atoms with van der Waals surface area (Å²) in [5.41, 5.74) is 6.06. The number of benzene rings is 1. The van der Waals surface area contributed by atoms with Crippen molar-refractivity contribution in [1.29, 1.82) is 0 Å². The fourth-order valence-corrected chi connectivity index (χ4v) is 5.02. The van der Waals surface area contributed by atoms with Crippen molar-refractivity contribution in [2.45, 2.75) is 39.2 Å². The van der Waals surface area contributed by atoms with Gasteiger partial charge in [-0.2, -0.15) is 0 Å². The largest absolute Gasteiger partial charge is 0.330 e. The molecule has 0 bridgehead atoms. The molecule has 2 aromatic heterocycles. The number of nitrogens with zero attached hydrogens (tertiary/aromatic N) is 3. The van der Waals surface area contributed by atoms with E-state index in [1.807, 2.05) is 36.9 Å². The molecule has 28 heavy (non-hydrogen) atoms. The maximum Gasteiger partial charge on any atom is 0.123 e. The number of imidazole rings is 1. The Morgan fingerprint density at radius 2 is 2.07 bits per heavy atom. The first-order chi connectivity index (χ1) is 13.6. The maximum atomic E-state index is 13.3. The normalized spacial score (nSPS) is 23.6. The van der Waals surface area contributed by atoms with E-state index in [0.29, 0.717) is 5.92 Å². The van der Waals surface area contributed by atoms with E-state index in [4.69, 9.17) is 0 Å². The second-order valence-electron chi connectivity index (χ2n) is 8.35. The number of halogens is 1. The monoisotopic (exact) mass is 373 g/mol. The van der Waals surface area contributed by atoms with E-state index in [9.17, 15) is 4.39 Å². The summed E-state index contributed by atoms with van der Waals surface area (Å²) in [6, 6.07) is 10.9. The number of aromatic nitrogens is 3. The van der Waals surface area contributed by atoms with E-state index in [0.717, 1.165) is 36.3 Å². The van der Waals surface area contributed by atoms with Gasteiger partial charge in [0.1, 0.15) is 5.82 Å². The number of hydrogen-bond acceptors (Lipinski definition) is 2. The lowest BCUT2D eigenvalue weighted by atomic mass is 9.61. The van der Waals surface area contributed by atoms with E-state index in [-0.39, 0.29) is 11.2 Å². The van der Waals surface area contributed by atoms with Crippen LogP contribution >= 0.6 is 0 Å². The van der Waals surface area contributed by atoms with Gasteiger partial charge in [-0.1, -0.05) is 18.6 Å². The van der Waals surface area contributed by atoms with E-state index >= 15 is 0 Å². The van der Waals surface area contributed by atoms with Crippen molar-refractivity contribution in [1.82, 2.24) is 14.5 Å². The molecule has 0 saturated heterocycles. The number of allylic oxidation sites excluding steroid dienone is 1. The van der Waals surface area contributed by atoms with Gasteiger partial charge in [-0.15, -0.1) is 0 Å². The highest BCUT2D eigenvalue weighted by Crippen LogP contribution is 2.51. The molecule has 0 radical (unpaired) electrons. The van der Waals surface area contributed by atoms with Crippen LogP contribution in [0.5, 0.6) is 0 Å². The van der Waals surface area contributed by atoms with Crippen molar-refractivity contribution in [3.05, 3.63) is 77.8 Å². The Hall–Kier alpha value is -2.75. The number of hydrogen-bond donors (Lipinski definition) is 0. The van der Waals surface area contributed by atoms with Crippen LogP contribution in [0.25, 0.3) is 17.3 Å². The first kappa shape index (κ1) is 17.4. The smallest absolute Gasteiger partial charge is 0.123 e. The standard InChI is InChI=1S/C24H24FN3/c1-24-15-28-16-27-23(18-7-9-21(25)10-8-18)22(28)13-20(24)6-2-5-19(24)12-17-4-3-11-26-14-17/h3-4,7-11,13-14,16,19H,2,5-6,12,15H2,1H3/t19-,24-/m1/s1. The Balaban J connectivity index is 1.50. The van der Waals surface area contributed by atoms with Gasteiger partial charge in [-0.25, -0.2) is 9.37 Å². The van der Waals surface area contributed by atoms with Crippen molar-refractivity contribution < 1.29 is 4.39 Å². The molecule has 3 aromatic rings. The van der Waals surface area contributed by atoms with Crippen LogP contribution in [0.1, 0.15) is 37.4 Å². The van der Waals surface area contributed by atoms with E-state index in [2.05, 4.69) is 33.6 Å². The quantitative estimate of drug-likeness (QED) is 0.604. The highest BCUT2D eigenvalue weighted by atomic mass is 19.1. The summed E-state index contributed by atoms with van der Waals surface area (Å²) in [6.45, 7) is 3.37. The summed E-state index contributed by atoms with van der Waals surface area (Å²) in [7, 11) is 0. The molecular formula is C24H24FN3. The van der Waals surface area contributed by atoms with Crippen LogP contribution in [0, 0.1) is 17.2 Å². The third-order valence-corrected chi connectivity index (χ3v) is 6.64. The zero-order valence-corrected chi connectivity index (χ0v) is 16.1. The minimum Gasteiger partial charge on any atom is -0.330 e. The van der Waals surface area contributed by atoms with Gasteiger partial charge in [0.05, 0.1) is 17.7 Å². The molecule has 2 atom stereocenters. The maximum absolute atomic E-state index is 13.3. The van der Waals surface area contributed by atoms with Crippen molar-refractivity contribution >= 4 is 6.08 Å². The molecule has 0 spiro atoms. The van der Waals surface area contributed by atoms with E-state index in [1.54, 1.807) is 0 Å². The van der Waals surface area contributed by atoms with Crippen LogP contribution in [0.3, 0.4) is 0 Å². The molecule has 2 aliphatic rings. The van der Waals surface area contributed by atoms with Crippen LogP contribution in [-0.4, -0.2) is 14.5 Å². The van der Waals surface area contributed by atoms with Crippen LogP contribution in [0.15, 0.2) is 60.7 Å². The Morgan fingerprint density at radius 1 is 1.21 bits per heavy atom. The Morgan fingerprint density at radius 3 is 2.86 bits per heavy atom. The van der Waals surface area contributed by atoms with Crippen molar-refractivity contribution in [2.24, 2.45) is 11.3 Å². The summed E-state index contributed by atoms with van der Waals surface area (Å²) in [5.74, 6) is 0.384. The van der Waals surface area contributed by atoms with Gasteiger partial charge in [0.25, 0.3) is 0 Å². The molecule has 3 nitrogen and oxygen atoms in total. The van der Waals surface area contributed by atoms with E-state index < -0.39 is 0 Å². The van der Waals surface area contributed by atoms with Crippen molar-refractivity contribution in [3.63, 3.8) is 0 Å². The van der Waals surface area contributed by atoms with Gasteiger partial charge in [0.2, 0.25) is 0 Å². The zero-order chi connectivity index (χ0) is 19.1. The van der Waals surface area contributed by atoms with Gasteiger partial charge in [-0.3, -0.25) is 4.98 Å². The third-order valence-electron chi connectivity index (χ3n) is 6.64. The van der Waals surface area contributed by atoms with Gasteiger partial charge in [0.15, 0.2) is 0 Å². The predicted molar refractivity (Wildman–Crippen MR) is 109 cm³/mol. The molecular weight excluding hydrogens is 349 g/mol. The second-order valence-corrected chi connectivity index (χ2v) is 8.35. The van der Waals surface area contributed by atoms with Gasteiger partial charge in [0, 0.05) is 29.9 Å². The Kier molecular flexibility index (Phi) is 4.15. The summed E-state index contributed by atoms with van der Waals surface area (Å²) in [4.78, 5) is 8.98. The first-order valence-electron chi connectivity index (χ1n) is 10.0. The first-order valence-corrected chi connectivity index (χ1v) is 10.0. The zero-order valence-electron chi connectivity index (χ0n) is 16.1. The highest BCUT2D eigenvalue weighted by Gasteiger charge is 2.43. The molecule has 1 aromatic carbocycles. The molecule has 3 heterocycles. The number of fused-ring (bicyclic) bond motifs is 2. The SMILES string of the molecule is C[C@]12Cn3cnc(-c4ccc(F)cc4)c3C=C1CCC[C@@H]2Cc1cccnc1. The fraction of sp³-hybridized carbons (Fsp3) is 0.333. The lowest BCUT2D eigenvalue weighted by Gasteiger charge is -2.46. The summed E-state index contributed by atoms with van der Waals surface area (Å²) in [6.07, 6.45) is 12.8. The molecule has 4 heteroatoms. The average molecular weight is 373 g/mol. The third kappa shape index (κ3) is 2.88. The van der Waals surface area contributed by atoms with Crippen molar-refractivity contribution in [2.75, 3.05) is 0 Å². The van der Waals surface area contributed by atoms with Crippen LogP contribution in [-0.2, 0) is 13.0 Å². The molecule has 0 unspecified atom stereocenters. The van der Waals surface area contributed by atoms with Gasteiger partial charge >= 0.3 is 0 Å². The lowest BCUT2D eigenvalue weighted by molar-refractivity contribution is 0.152. The molecule has 1 saturated carbocycles. The average Bonchev–Trinajstić information content (AvgIpc) is 3.10. The van der Waals surface area contributed by atoms with Crippen molar-refractivity contribution in [3.8, 4) is 11.3 Å². The van der Waals surface area contributed by atoms with Crippen LogP contribution < -0.4 is 0 Å². The number of rotatable bonds is 3. The molecule has 0 amide bonds. The van der Waals surface area contributed by atoms with Gasteiger partial charge < -0.3 is 4.57 Å². The molecule has 142 valence electrons. The molecule has 0 N–H and O–H groups in total. The topological polar surface area (TPSA) is 30.7 Å². The summed E-state index contributed by atoms with van der Waals surface area (Å²) >= 11 is 0. The summed E-state index contributed by atoms with van der Waals surface area (Å²) < 4.78 is 15.6. The molecule has 1 fully saturated rings. The second kappa shape index (κ2) is 6.69. The van der Waals surface area contributed by atoms with Crippen LogP contribution in [0.4, 0.5) is 4.39 Å².